The summed E-state index contributed by atoms with van der Waals surface area (Å²) in [5, 5.41) is 7.32. The molecule has 3 rings (SSSR count). The predicted molar refractivity (Wildman–Crippen MR) is 81.6 cm³/mol. The standard InChI is InChI=1S/C8H8N2O.C7H13N3/c11-5-6-3-9-8(10-4-6)7-1-2-7;1-4-10-7(8-3)5-6(2)9-10/h3-5,7H,1-2H2;5,8H,4H2,1-3H3. The second kappa shape index (κ2) is 6.97. The Balaban J connectivity index is 0.000000155. The lowest BCUT2D eigenvalue weighted by Crippen LogP contribution is -2.01. The van der Waals surface area contributed by atoms with Crippen molar-refractivity contribution in [1.29, 1.82) is 0 Å². The molecule has 1 aliphatic carbocycles. The highest BCUT2D eigenvalue weighted by atomic mass is 16.1. The van der Waals surface area contributed by atoms with Gasteiger partial charge in [0.1, 0.15) is 11.6 Å². The van der Waals surface area contributed by atoms with Crippen molar-refractivity contribution >= 4 is 12.1 Å². The second-order valence-electron chi connectivity index (χ2n) is 5.00. The van der Waals surface area contributed by atoms with E-state index in [4.69, 9.17) is 0 Å². The first-order valence-corrected chi connectivity index (χ1v) is 7.17. The molecule has 0 saturated heterocycles. The lowest BCUT2D eigenvalue weighted by Gasteiger charge is -2.00. The molecular formula is C15H21N5O. The van der Waals surface area contributed by atoms with Crippen LogP contribution >= 0.6 is 0 Å². The summed E-state index contributed by atoms with van der Waals surface area (Å²) in [6.45, 7) is 4.99. The van der Waals surface area contributed by atoms with Crippen molar-refractivity contribution in [2.75, 3.05) is 12.4 Å². The van der Waals surface area contributed by atoms with Crippen LogP contribution in [0.3, 0.4) is 0 Å². The van der Waals surface area contributed by atoms with E-state index in [1.165, 1.54) is 12.8 Å². The van der Waals surface area contributed by atoms with E-state index in [1.807, 2.05) is 24.7 Å². The molecule has 0 atom stereocenters. The van der Waals surface area contributed by atoms with Gasteiger partial charge in [-0.2, -0.15) is 5.10 Å². The van der Waals surface area contributed by atoms with Gasteiger partial charge in [-0.3, -0.25) is 4.79 Å². The number of nitrogens with one attached hydrogen (secondary N) is 1. The third kappa shape index (κ3) is 4.11. The van der Waals surface area contributed by atoms with Gasteiger partial charge in [-0.1, -0.05) is 0 Å². The quantitative estimate of drug-likeness (QED) is 0.874. The monoisotopic (exact) mass is 287 g/mol. The van der Waals surface area contributed by atoms with E-state index in [-0.39, 0.29) is 0 Å². The zero-order valence-electron chi connectivity index (χ0n) is 12.7. The molecule has 0 aliphatic heterocycles. The molecule has 0 unspecified atom stereocenters. The molecule has 1 saturated carbocycles. The molecule has 21 heavy (non-hydrogen) atoms. The first kappa shape index (κ1) is 15.2. The third-order valence-electron chi connectivity index (χ3n) is 3.23. The number of rotatable bonds is 4. The molecule has 1 fully saturated rings. The fourth-order valence-electron chi connectivity index (χ4n) is 1.95. The highest BCUT2D eigenvalue weighted by Crippen LogP contribution is 2.37. The van der Waals surface area contributed by atoms with Crippen molar-refractivity contribution in [3.05, 3.63) is 35.5 Å². The highest BCUT2D eigenvalue weighted by molar-refractivity contribution is 5.73. The van der Waals surface area contributed by atoms with Crippen LogP contribution in [-0.4, -0.2) is 33.1 Å². The minimum atomic E-state index is 0.550. The third-order valence-corrected chi connectivity index (χ3v) is 3.23. The summed E-state index contributed by atoms with van der Waals surface area (Å²) in [4.78, 5) is 18.4. The highest BCUT2D eigenvalue weighted by Gasteiger charge is 2.25. The molecule has 0 bridgehead atoms. The number of aldehydes is 1. The summed E-state index contributed by atoms with van der Waals surface area (Å²) in [6, 6.07) is 2.03. The van der Waals surface area contributed by atoms with Gasteiger partial charge in [0.2, 0.25) is 0 Å². The average Bonchev–Trinajstić information content (AvgIpc) is 3.30. The van der Waals surface area contributed by atoms with Crippen molar-refractivity contribution in [3.63, 3.8) is 0 Å². The smallest absolute Gasteiger partial charge is 0.153 e. The molecule has 112 valence electrons. The fourth-order valence-corrected chi connectivity index (χ4v) is 1.95. The molecule has 6 heteroatoms. The number of nitrogens with zero attached hydrogens (tertiary/aromatic N) is 4. The van der Waals surface area contributed by atoms with E-state index in [0.717, 1.165) is 30.2 Å². The molecule has 0 spiro atoms. The van der Waals surface area contributed by atoms with Gasteiger partial charge in [0.05, 0.1) is 11.3 Å². The summed E-state index contributed by atoms with van der Waals surface area (Å²) in [5.41, 5.74) is 1.61. The van der Waals surface area contributed by atoms with Crippen LogP contribution in [0, 0.1) is 6.92 Å². The zero-order valence-corrected chi connectivity index (χ0v) is 12.7. The van der Waals surface area contributed by atoms with Gasteiger partial charge in [-0.05, 0) is 26.7 Å². The largest absolute Gasteiger partial charge is 0.373 e. The van der Waals surface area contributed by atoms with Gasteiger partial charge < -0.3 is 5.32 Å². The Labute approximate surface area is 124 Å². The number of anilines is 1. The van der Waals surface area contributed by atoms with Crippen LogP contribution in [-0.2, 0) is 6.54 Å². The Hall–Kier alpha value is -2.24. The predicted octanol–water partition coefficient (Wildman–Crippen LogP) is 2.42. The van der Waals surface area contributed by atoms with Gasteiger partial charge in [-0.25, -0.2) is 14.6 Å². The number of carbonyl (C=O) groups excluding carboxylic acids is 1. The topological polar surface area (TPSA) is 72.7 Å². The number of aryl methyl sites for hydroxylation is 2. The molecule has 1 aliphatic rings. The van der Waals surface area contributed by atoms with E-state index < -0.39 is 0 Å². The Morgan fingerprint density at radius 2 is 2.05 bits per heavy atom. The van der Waals surface area contributed by atoms with Crippen LogP contribution in [0.1, 0.15) is 47.6 Å². The van der Waals surface area contributed by atoms with E-state index >= 15 is 0 Å². The van der Waals surface area contributed by atoms with Crippen molar-refractivity contribution in [3.8, 4) is 0 Å². The SMILES string of the molecule is CCn1nc(C)cc1NC.O=Cc1cnc(C2CC2)nc1. The maximum atomic E-state index is 10.2. The normalized spacial score (nSPS) is 13.3. The zero-order chi connectivity index (χ0) is 15.2. The molecule has 2 aromatic heterocycles. The van der Waals surface area contributed by atoms with Crippen LogP contribution in [0.5, 0.6) is 0 Å². The lowest BCUT2D eigenvalue weighted by molar-refractivity contribution is 0.112. The summed E-state index contributed by atoms with van der Waals surface area (Å²) in [6.07, 6.45) is 6.30. The van der Waals surface area contributed by atoms with E-state index in [2.05, 4.69) is 27.3 Å². The fraction of sp³-hybridized carbons (Fsp3) is 0.467. The van der Waals surface area contributed by atoms with E-state index in [1.54, 1.807) is 12.4 Å². The summed E-state index contributed by atoms with van der Waals surface area (Å²) >= 11 is 0. The van der Waals surface area contributed by atoms with Crippen LogP contribution in [0.4, 0.5) is 5.82 Å². The van der Waals surface area contributed by atoms with Crippen molar-refractivity contribution in [2.45, 2.75) is 39.2 Å². The minimum Gasteiger partial charge on any atom is -0.373 e. The number of hydrogen-bond acceptors (Lipinski definition) is 5. The summed E-state index contributed by atoms with van der Waals surface area (Å²) < 4.78 is 1.94. The van der Waals surface area contributed by atoms with Crippen molar-refractivity contribution < 1.29 is 4.79 Å². The number of aromatic nitrogens is 4. The molecular weight excluding hydrogens is 266 g/mol. The Bertz CT molecular complexity index is 565. The lowest BCUT2D eigenvalue weighted by atomic mass is 10.3. The van der Waals surface area contributed by atoms with Gasteiger partial charge in [0, 0.05) is 38.0 Å². The Morgan fingerprint density at radius 3 is 2.48 bits per heavy atom. The molecule has 2 aromatic rings. The maximum Gasteiger partial charge on any atom is 0.153 e. The van der Waals surface area contributed by atoms with Crippen LogP contribution in [0.25, 0.3) is 0 Å². The maximum absolute atomic E-state index is 10.2. The van der Waals surface area contributed by atoms with Gasteiger partial charge in [0.15, 0.2) is 6.29 Å². The van der Waals surface area contributed by atoms with Crippen molar-refractivity contribution in [1.82, 2.24) is 19.7 Å². The van der Waals surface area contributed by atoms with E-state index in [9.17, 15) is 4.79 Å². The van der Waals surface area contributed by atoms with Crippen LogP contribution in [0.15, 0.2) is 18.5 Å². The minimum absolute atomic E-state index is 0.550. The van der Waals surface area contributed by atoms with Gasteiger partial charge in [0.25, 0.3) is 0 Å². The first-order valence-electron chi connectivity index (χ1n) is 7.17. The second-order valence-corrected chi connectivity index (χ2v) is 5.00. The average molecular weight is 287 g/mol. The van der Waals surface area contributed by atoms with Crippen molar-refractivity contribution in [2.24, 2.45) is 0 Å². The summed E-state index contributed by atoms with van der Waals surface area (Å²) in [7, 11) is 1.91. The first-order chi connectivity index (χ1) is 10.2. The van der Waals surface area contributed by atoms with Crippen LogP contribution < -0.4 is 5.32 Å². The molecule has 2 heterocycles. The number of hydrogen-bond donors (Lipinski definition) is 1. The van der Waals surface area contributed by atoms with Gasteiger partial charge in [-0.15, -0.1) is 0 Å². The molecule has 0 radical (unpaired) electrons. The molecule has 0 aromatic carbocycles. The van der Waals surface area contributed by atoms with Gasteiger partial charge >= 0.3 is 0 Å². The Morgan fingerprint density at radius 1 is 1.38 bits per heavy atom. The summed E-state index contributed by atoms with van der Waals surface area (Å²) in [5.74, 6) is 2.53. The molecule has 1 N–H and O–H groups in total. The molecule has 0 amide bonds. The molecule has 6 nitrogen and oxygen atoms in total. The number of carbonyl (C=O) groups is 1. The Kier molecular flexibility index (Phi) is 5.03. The van der Waals surface area contributed by atoms with E-state index in [0.29, 0.717) is 11.5 Å². The van der Waals surface area contributed by atoms with Crippen LogP contribution in [0.2, 0.25) is 0 Å².